The first-order chi connectivity index (χ1) is 13.6. The number of aromatic nitrogens is 1. The number of nitrogens with one attached hydrogen (secondary N) is 1. The van der Waals surface area contributed by atoms with Crippen molar-refractivity contribution < 1.29 is 14.0 Å². The van der Waals surface area contributed by atoms with E-state index in [1.165, 1.54) is 36.5 Å². The summed E-state index contributed by atoms with van der Waals surface area (Å²) in [5.74, 6) is -1.03. The Balaban J connectivity index is 1.74. The number of carbonyl (C=O) groups excluding carboxylic acids is 2. The van der Waals surface area contributed by atoms with Crippen LogP contribution in [0, 0.1) is 5.82 Å². The average Bonchev–Trinajstić information content (AvgIpc) is 2.74. The van der Waals surface area contributed by atoms with E-state index in [4.69, 9.17) is 0 Å². The smallest absolute Gasteiger partial charge is 0.274 e. The van der Waals surface area contributed by atoms with Crippen LogP contribution in [-0.4, -0.2) is 28.2 Å². The van der Waals surface area contributed by atoms with Gasteiger partial charge in [0.15, 0.2) is 0 Å². The van der Waals surface area contributed by atoms with Gasteiger partial charge in [0.25, 0.3) is 11.8 Å². The second-order valence-electron chi connectivity index (χ2n) is 6.20. The van der Waals surface area contributed by atoms with Crippen molar-refractivity contribution in [2.75, 3.05) is 11.9 Å². The molecule has 0 aliphatic heterocycles. The van der Waals surface area contributed by atoms with E-state index in [1.807, 2.05) is 37.3 Å². The van der Waals surface area contributed by atoms with E-state index < -0.39 is 5.91 Å². The molecule has 0 fully saturated rings. The molecule has 5 nitrogen and oxygen atoms in total. The molecule has 3 rings (SSSR count). The van der Waals surface area contributed by atoms with Gasteiger partial charge < -0.3 is 10.2 Å². The average molecular weight is 377 g/mol. The highest BCUT2D eigenvalue weighted by Gasteiger charge is 2.17. The van der Waals surface area contributed by atoms with E-state index in [0.29, 0.717) is 24.3 Å². The molecule has 0 saturated heterocycles. The largest absolute Gasteiger partial charge is 0.335 e. The maximum atomic E-state index is 13.0. The fourth-order valence-electron chi connectivity index (χ4n) is 2.73. The molecule has 2 amide bonds. The van der Waals surface area contributed by atoms with Gasteiger partial charge in [-0.1, -0.05) is 30.3 Å². The van der Waals surface area contributed by atoms with E-state index >= 15 is 0 Å². The predicted octanol–water partition coefficient (Wildman–Crippen LogP) is 4.14. The SMILES string of the molecule is CCN(Cc1ccccc1)C(=O)c1ccnc(C(=O)Nc2ccc(F)cc2)c1. The van der Waals surface area contributed by atoms with Crippen molar-refractivity contribution in [2.45, 2.75) is 13.5 Å². The zero-order chi connectivity index (χ0) is 19.9. The molecular weight excluding hydrogens is 357 g/mol. The summed E-state index contributed by atoms with van der Waals surface area (Å²) in [6, 6.07) is 18.2. The highest BCUT2D eigenvalue weighted by atomic mass is 19.1. The summed E-state index contributed by atoms with van der Waals surface area (Å²) in [7, 11) is 0. The second-order valence-corrected chi connectivity index (χ2v) is 6.20. The van der Waals surface area contributed by atoms with Crippen LogP contribution in [0.4, 0.5) is 10.1 Å². The van der Waals surface area contributed by atoms with Crippen molar-refractivity contribution >= 4 is 17.5 Å². The molecule has 1 N–H and O–H groups in total. The van der Waals surface area contributed by atoms with Crippen LogP contribution in [0.25, 0.3) is 0 Å². The quantitative estimate of drug-likeness (QED) is 0.702. The predicted molar refractivity (Wildman–Crippen MR) is 105 cm³/mol. The molecule has 28 heavy (non-hydrogen) atoms. The number of hydrogen-bond donors (Lipinski definition) is 1. The minimum Gasteiger partial charge on any atom is -0.335 e. The summed E-state index contributed by atoms with van der Waals surface area (Å²) < 4.78 is 13.0. The van der Waals surface area contributed by atoms with Gasteiger partial charge in [0.2, 0.25) is 0 Å². The van der Waals surface area contributed by atoms with Gasteiger partial charge in [-0.15, -0.1) is 0 Å². The lowest BCUT2D eigenvalue weighted by Gasteiger charge is -2.21. The molecule has 0 saturated carbocycles. The van der Waals surface area contributed by atoms with Crippen LogP contribution >= 0.6 is 0 Å². The Bertz CT molecular complexity index is 959. The monoisotopic (exact) mass is 377 g/mol. The standard InChI is InChI=1S/C22H20FN3O2/c1-2-26(15-16-6-4-3-5-7-16)22(28)17-12-13-24-20(14-17)21(27)25-19-10-8-18(23)9-11-19/h3-14H,2,15H2,1H3,(H,25,27). The van der Waals surface area contributed by atoms with Gasteiger partial charge in [0.05, 0.1) is 0 Å². The number of rotatable bonds is 6. The van der Waals surface area contributed by atoms with Gasteiger partial charge in [0.1, 0.15) is 11.5 Å². The van der Waals surface area contributed by atoms with E-state index in [-0.39, 0.29) is 17.4 Å². The van der Waals surface area contributed by atoms with Crippen LogP contribution in [0.3, 0.4) is 0 Å². The molecule has 2 aromatic carbocycles. The van der Waals surface area contributed by atoms with Gasteiger partial charge in [-0.3, -0.25) is 14.6 Å². The Hall–Kier alpha value is -3.54. The van der Waals surface area contributed by atoms with Crippen molar-refractivity contribution in [3.05, 3.63) is 95.6 Å². The van der Waals surface area contributed by atoms with Gasteiger partial charge in [-0.2, -0.15) is 0 Å². The number of benzene rings is 2. The zero-order valence-electron chi connectivity index (χ0n) is 15.4. The second kappa shape index (κ2) is 8.90. The fourth-order valence-corrected chi connectivity index (χ4v) is 2.73. The zero-order valence-corrected chi connectivity index (χ0v) is 15.4. The van der Waals surface area contributed by atoms with E-state index in [1.54, 1.807) is 11.0 Å². The van der Waals surface area contributed by atoms with Crippen molar-refractivity contribution in [3.63, 3.8) is 0 Å². The molecule has 142 valence electrons. The normalized spacial score (nSPS) is 10.4. The minimum absolute atomic E-state index is 0.117. The Morgan fingerprint density at radius 3 is 2.43 bits per heavy atom. The molecule has 0 radical (unpaired) electrons. The maximum absolute atomic E-state index is 13.0. The highest BCUT2D eigenvalue weighted by molar-refractivity contribution is 6.04. The molecule has 0 atom stereocenters. The Kier molecular flexibility index (Phi) is 6.11. The Morgan fingerprint density at radius 2 is 1.75 bits per heavy atom. The molecule has 0 unspecified atom stereocenters. The Labute approximate surface area is 162 Å². The summed E-state index contributed by atoms with van der Waals surface area (Å²) in [5.41, 5.74) is 1.98. The number of nitrogens with zero attached hydrogens (tertiary/aromatic N) is 2. The molecule has 1 heterocycles. The minimum atomic E-state index is -0.465. The molecule has 3 aromatic rings. The summed E-state index contributed by atoms with van der Waals surface area (Å²) in [6.45, 7) is 2.92. The van der Waals surface area contributed by atoms with Crippen LogP contribution in [0.5, 0.6) is 0 Å². The fraction of sp³-hybridized carbons (Fsp3) is 0.136. The van der Waals surface area contributed by atoms with E-state index in [2.05, 4.69) is 10.3 Å². The van der Waals surface area contributed by atoms with Gasteiger partial charge >= 0.3 is 0 Å². The van der Waals surface area contributed by atoms with Gasteiger partial charge in [0, 0.05) is 30.5 Å². The topological polar surface area (TPSA) is 62.3 Å². The number of pyridine rings is 1. The van der Waals surface area contributed by atoms with Crippen molar-refractivity contribution in [3.8, 4) is 0 Å². The molecule has 0 spiro atoms. The van der Waals surface area contributed by atoms with Gasteiger partial charge in [-0.05, 0) is 48.9 Å². The van der Waals surface area contributed by atoms with Crippen molar-refractivity contribution in [1.82, 2.24) is 9.88 Å². The summed E-state index contributed by atoms with van der Waals surface area (Å²) >= 11 is 0. The van der Waals surface area contributed by atoms with Crippen LogP contribution in [0.2, 0.25) is 0 Å². The number of anilines is 1. The highest BCUT2D eigenvalue weighted by Crippen LogP contribution is 2.13. The molecule has 0 aliphatic rings. The Morgan fingerprint density at radius 1 is 1.04 bits per heavy atom. The molecule has 1 aromatic heterocycles. The number of halogens is 1. The number of amides is 2. The number of hydrogen-bond acceptors (Lipinski definition) is 3. The third kappa shape index (κ3) is 4.79. The molecule has 0 aliphatic carbocycles. The van der Waals surface area contributed by atoms with Crippen LogP contribution in [-0.2, 0) is 6.54 Å². The van der Waals surface area contributed by atoms with Crippen LogP contribution < -0.4 is 5.32 Å². The number of carbonyl (C=O) groups is 2. The van der Waals surface area contributed by atoms with Gasteiger partial charge in [-0.25, -0.2) is 4.39 Å². The van der Waals surface area contributed by atoms with Crippen molar-refractivity contribution in [1.29, 1.82) is 0 Å². The third-order valence-corrected chi connectivity index (χ3v) is 4.23. The molecule has 6 heteroatoms. The molecule has 0 bridgehead atoms. The maximum Gasteiger partial charge on any atom is 0.274 e. The summed E-state index contributed by atoms with van der Waals surface area (Å²) in [4.78, 5) is 31.0. The first kappa shape index (κ1) is 19.2. The lowest BCUT2D eigenvalue weighted by atomic mass is 10.1. The third-order valence-electron chi connectivity index (χ3n) is 4.23. The first-order valence-corrected chi connectivity index (χ1v) is 8.93. The van der Waals surface area contributed by atoms with E-state index in [9.17, 15) is 14.0 Å². The van der Waals surface area contributed by atoms with Crippen molar-refractivity contribution in [2.24, 2.45) is 0 Å². The lowest BCUT2D eigenvalue weighted by Crippen LogP contribution is -2.30. The van der Waals surface area contributed by atoms with Crippen LogP contribution in [0.1, 0.15) is 33.3 Å². The summed E-state index contributed by atoms with van der Waals surface area (Å²) in [5, 5.41) is 2.64. The first-order valence-electron chi connectivity index (χ1n) is 8.93. The molecular formula is C22H20FN3O2. The van der Waals surface area contributed by atoms with Crippen LogP contribution in [0.15, 0.2) is 72.9 Å². The van der Waals surface area contributed by atoms with E-state index in [0.717, 1.165) is 5.56 Å². The lowest BCUT2D eigenvalue weighted by molar-refractivity contribution is 0.0752. The summed E-state index contributed by atoms with van der Waals surface area (Å²) in [6.07, 6.45) is 1.43.